The number of nitrogen functional groups attached to an aromatic ring is 1. The summed E-state index contributed by atoms with van der Waals surface area (Å²) in [5, 5.41) is 26.3. The van der Waals surface area contributed by atoms with E-state index in [0.29, 0.717) is 5.69 Å². The van der Waals surface area contributed by atoms with E-state index < -0.39 is 47.8 Å². The van der Waals surface area contributed by atoms with Crippen LogP contribution in [0.5, 0.6) is 0 Å². The predicted octanol–water partition coefficient (Wildman–Crippen LogP) is -0.122. The first-order valence-electron chi connectivity index (χ1n) is 10.7. The van der Waals surface area contributed by atoms with Gasteiger partial charge in [-0.3, -0.25) is 29.1 Å². The van der Waals surface area contributed by atoms with Crippen LogP contribution < -0.4 is 32.1 Å². The van der Waals surface area contributed by atoms with Crippen molar-refractivity contribution in [1.82, 2.24) is 15.3 Å². The fourth-order valence-electron chi connectivity index (χ4n) is 3.62. The molecule has 3 rings (SSSR count). The summed E-state index contributed by atoms with van der Waals surface area (Å²) >= 11 is 5.76. The summed E-state index contributed by atoms with van der Waals surface area (Å²) in [6.07, 6.45) is -0.657. The molecule has 8 N–H and O–H groups in total. The molecule has 0 fully saturated rings. The van der Waals surface area contributed by atoms with Gasteiger partial charge in [-0.2, -0.15) is 4.98 Å². The molecule has 192 valence electrons. The number of rotatable bonds is 10. The Morgan fingerprint density at radius 3 is 2.53 bits per heavy atom. The number of alkyl halides is 1. The summed E-state index contributed by atoms with van der Waals surface area (Å²) in [5.41, 5.74) is 5.75. The molecule has 36 heavy (non-hydrogen) atoms. The average Bonchev–Trinajstić information content (AvgIpc) is 2.84. The monoisotopic (exact) mass is 521 g/mol. The van der Waals surface area contributed by atoms with E-state index in [1.165, 1.54) is 17.0 Å². The van der Waals surface area contributed by atoms with E-state index in [4.69, 9.17) is 22.4 Å². The van der Waals surface area contributed by atoms with Crippen molar-refractivity contribution in [3.63, 3.8) is 0 Å². The highest BCUT2D eigenvalue weighted by atomic mass is 35.5. The number of carboxylic acids is 2. The number of aromatic nitrogens is 2. The second-order valence-electron chi connectivity index (χ2n) is 7.84. The fraction of sp³-hybridized carbons (Fsp3) is 0.333. The standard InChI is InChI=1S/C21H24ClN7O7/c22-7-14(30)29-12(9-25-17-16(29)19(34)28-21(23)27-17)8-24-11-3-1-10(2-4-11)18(33)26-13(20(35)36)5-6-15(31)32/h1-4,12-13,24H,5-9H2,(H,26,33)(H,31,32)(H,35,36)(H4,23,25,27,28,34). The first-order valence-corrected chi connectivity index (χ1v) is 11.2. The highest BCUT2D eigenvalue weighted by Gasteiger charge is 2.34. The normalized spacial score (nSPS) is 15.2. The molecule has 1 aromatic carbocycles. The number of carboxylic acid groups (broad SMARTS) is 2. The van der Waals surface area contributed by atoms with Gasteiger partial charge in [-0.25, -0.2) is 4.79 Å². The van der Waals surface area contributed by atoms with Gasteiger partial charge in [-0.15, -0.1) is 11.6 Å². The quantitative estimate of drug-likeness (QED) is 0.204. The first-order chi connectivity index (χ1) is 17.1. The molecule has 2 amide bonds. The Kier molecular flexibility index (Phi) is 8.32. The summed E-state index contributed by atoms with van der Waals surface area (Å²) in [4.78, 5) is 67.0. The van der Waals surface area contributed by atoms with Crippen LogP contribution in [0.25, 0.3) is 0 Å². The zero-order valence-corrected chi connectivity index (χ0v) is 19.5. The van der Waals surface area contributed by atoms with Gasteiger partial charge in [0.05, 0.1) is 6.04 Å². The van der Waals surface area contributed by atoms with Gasteiger partial charge in [-0.05, 0) is 30.7 Å². The molecule has 2 atom stereocenters. The van der Waals surface area contributed by atoms with Gasteiger partial charge in [0.15, 0.2) is 11.5 Å². The summed E-state index contributed by atoms with van der Waals surface area (Å²) in [5.74, 6) is -3.94. The molecular weight excluding hydrogens is 498 g/mol. The number of aromatic amines is 1. The Hall–Kier alpha value is -4.33. The summed E-state index contributed by atoms with van der Waals surface area (Å²) < 4.78 is 0. The number of aliphatic carboxylic acids is 2. The molecule has 0 saturated carbocycles. The molecule has 0 radical (unpaired) electrons. The molecule has 14 nitrogen and oxygen atoms in total. The van der Waals surface area contributed by atoms with Crippen LogP contribution >= 0.6 is 11.6 Å². The average molecular weight is 522 g/mol. The summed E-state index contributed by atoms with van der Waals surface area (Å²) in [6, 6.07) is 4.22. The number of amides is 2. The Bertz CT molecular complexity index is 1220. The van der Waals surface area contributed by atoms with E-state index in [0.717, 1.165) is 0 Å². The second-order valence-corrected chi connectivity index (χ2v) is 8.10. The van der Waals surface area contributed by atoms with Crippen molar-refractivity contribution in [2.75, 3.05) is 40.2 Å². The maximum absolute atomic E-state index is 12.5. The maximum atomic E-state index is 12.5. The molecule has 0 aliphatic carbocycles. The Morgan fingerprint density at radius 2 is 1.92 bits per heavy atom. The van der Waals surface area contributed by atoms with Crippen LogP contribution in [-0.4, -0.2) is 75.0 Å². The van der Waals surface area contributed by atoms with Gasteiger partial charge in [0.1, 0.15) is 11.9 Å². The second kappa shape index (κ2) is 11.4. The molecule has 2 heterocycles. The molecule has 1 aromatic heterocycles. The SMILES string of the molecule is Nc1nc2c(c(=O)[nH]1)N(C(=O)CCl)C(CNc1ccc(C(=O)NC(CCC(=O)O)C(=O)O)cc1)CN2. The molecule has 0 saturated heterocycles. The minimum Gasteiger partial charge on any atom is -0.481 e. The van der Waals surface area contributed by atoms with E-state index in [-0.39, 0.29) is 48.4 Å². The van der Waals surface area contributed by atoms with Crippen molar-refractivity contribution < 1.29 is 29.4 Å². The van der Waals surface area contributed by atoms with Gasteiger partial charge >= 0.3 is 11.9 Å². The number of nitrogens with one attached hydrogen (secondary N) is 4. The summed E-state index contributed by atoms with van der Waals surface area (Å²) in [6.45, 7) is 0.465. The van der Waals surface area contributed by atoms with Crippen LogP contribution in [0.1, 0.15) is 23.2 Å². The number of carbonyl (C=O) groups excluding carboxylic acids is 2. The molecule has 0 bridgehead atoms. The number of hydrogen-bond donors (Lipinski definition) is 7. The van der Waals surface area contributed by atoms with Crippen molar-refractivity contribution >= 4 is 58.5 Å². The number of nitrogens with zero attached hydrogens (tertiary/aromatic N) is 2. The molecule has 0 spiro atoms. The zero-order valence-electron chi connectivity index (χ0n) is 18.8. The minimum atomic E-state index is -1.34. The minimum absolute atomic E-state index is 0.0100. The van der Waals surface area contributed by atoms with Crippen molar-refractivity contribution in [3.8, 4) is 0 Å². The first kappa shape index (κ1) is 26.3. The van der Waals surface area contributed by atoms with Crippen molar-refractivity contribution in [1.29, 1.82) is 0 Å². The Morgan fingerprint density at radius 1 is 1.22 bits per heavy atom. The number of carbonyl (C=O) groups is 4. The number of H-pyrrole nitrogens is 1. The van der Waals surface area contributed by atoms with E-state index in [1.54, 1.807) is 12.1 Å². The largest absolute Gasteiger partial charge is 0.481 e. The number of fused-ring (bicyclic) bond motifs is 1. The van der Waals surface area contributed by atoms with Gasteiger partial charge in [0.2, 0.25) is 11.9 Å². The van der Waals surface area contributed by atoms with Crippen molar-refractivity contribution in [2.24, 2.45) is 0 Å². The third-order valence-electron chi connectivity index (χ3n) is 5.35. The van der Waals surface area contributed by atoms with E-state index >= 15 is 0 Å². The highest BCUT2D eigenvalue weighted by molar-refractivity contribution is 6.29. The molecule has 1 aliphatic heterocycles. The van der Waals surface area contributed by atoms with Crippen LogP contribution in [0.15, 0.2) is 29.1 Å². The third-order valence-corrected chi connectivity index (χ3v) is 5.58. The number of hydrogen-bond acceptors (Lipinski definition) is 9. The highest BCUT2D eigenvalue weighted by Crippen LogP contribution is 2.27. The molecule has 15 heteroatoms. The van der Waals surface area contributed by atoms with Crippen LogP contribution in [0.2, 0.25) is 0 Å². The lowest BCUT2D eigenvalue weighted by atomic mass is 10.1. The van der Waals surface area contributed by atoms with Crippen LogP contribution in [0.4, 0.5) is 23.1 Å². The van der Waals surface area contributed by atoms with Gasteiger partial charge in [0, 0.05) is 30.8 Å². The van der Waals surface area contributed by atoms with Crippen LogP contribution in [0.3, 0.4) is 0 Å². The van der Waals surface area contributed by atoms with Crippen molar-refractivity contribution in [3.05, 3.63) is 40.2 Å². The Balaban J connectivity index is 1.67. The molecule has 1 aliphatic rings. The topological polar surface area (TPSA) is 220 Å². The van der Waals surface area contributed by atoms with Gasteiger partial charge in [0.25, 0.3) is 11.5 Å². The molecule has 2 aromatic rings. The Labute approximate surface area is 208 Å². The van der Waals surface area contributed by atoms with E-state index in [1.807, 2.05) is 0 Å². The fourth-order valence-corrected chi connectivity index (χ4v) is 3.75. The zero-order chi connectivity index (χ0) is 26.4. The smallest absolute Gasteiger partial charge is 0.326 e. The molecule has 2 unspecified atom stereocenters. The lowest BCUT2D eigenvalue weighted by molar-refractivity contribution is -0.140. The van der Waals surface area contributed by atoms with Gasteiger partial charge in [-0.1, -0.05) is 0 Å². The van der Waals surface area contributed by atoms with Crippen LogP contribution in [-0.2, 0) is 14.4 Å². The number of halogens is 1. The van der Waals surface area contributed by atoms with E-state index in [9.17, 15) is 29.1 Å². The number of anilines is 4. The summed E-state index contributed by atoms with van der Waals surface area (Å²) in [7, 11) is 0. The lowest BCUT2D eigenvalue weighted by Gasteiger charge is -2.36. The third kappa shape index (κ3) is 6.21. The predicted molar refractivity (Wildman–Crippen MR) is 130 cm³/mol. The van der Waals surface area contributed by atoms with Crippen molar-refractivity contribution in [2.45, 2.75) is 24.9 Å². The number of benzene rings is 1. The van der Waals surface area contributed by atoms with E-state index in [2.05, 4.69) is 25.9 Å². The number of nitrogens with two attached hydrogens (primary N) is 1. The molecular formula is C21H24ClN7O7. The lowest BCUT2D eigenvalue weighted by Crippen LogP contribution is -2.53. The van der Waals surface area contributed by atoms with Crippen LogP contribution in [0, 0.1) is 0 Å². The maximum Gasteiger partial charge on any atom is 0.326 e. The van der Waals surface area contributed by atoms with Gasteiger partial charge < -0.3 is 31.9 Å².